The molecule has 0 aliphatic heterocycles. The number of halogens is 2. The average Bonchev–Trinajstić information content (AvgIpc) is 2.37. The number of hydrogen-bond acceptors (Lipinski definition) is 2. The summed E-state index contributed by atoms with van der Waals surface area (Å²) in [5.74, 6) is 0.582. The summed E-state index contributed by atoms with van der Waals surface area (Å²) in [6.45, 7) is 0.0120. The van der Waals surface area contributed by atoms with E-state index in [2.05, 4.69) is 15.9 Å². The summed E-state index contributed by atoms with van der Waals surface area (Å²) in [4.78, 5) is 11.8. The summed E-state index contributed by atoms with van der Waals surface area (Å²) in [7, 11) is 0. The van der Waals surface area contributed by atoms with E-state index in [4.69, 9.17) is 16.3 Å². The van der Waals surface area contributed by atoms with E-state index >= 15 is 0 Å². The van der Waals surface area contributed by atoms with Gasteiger partial charge in [-0.3, -0.25) is 4.79 Å². The summed E-state index contributed by atoms with van der Waals surface area (Å²) in [5.41, 5.74) is 0.592. The molecule has 0 aromatic heterocycles. The standard InChI is InChI=1S/C14H10BrClO2/c15-11-2-1-3-13(8-11)18-9-14(17)10-4-6-12(16)7-5-10/h1-8H,9H2. The first-order chi connectivity index (χ1) is 8.65. The molecule has 0 saturated heterocycles. The van der Waals surface area contributed by atoms with Crippen molar-refractivity contribution in [3.05, 3.63) is 63.6 Å². The van der Waals surface area contributed by atoms with Crippen LogP contribution in [0.3, 0.4) is 0 Å². The summed E-state index contributed by atoms with van der Waals surface area (Å²) in [5, 5.41) is 0.611. The molecule has 0 unspecified atom stereocenters. The van der Waals surface area contributed by atoms with Crippen LogP contribution in [0.25, 0.3) is 0 Å². The van der Waals surface area contributed by atoms with Crippen LogP contribution < -0.4 is 4.74 Å². The van der Waals surface area contributed by atoms with Crippen molar-refractivity contribution in [1.29, 1.82) is 0 Å². The van der Waals surface area contributed by atoms with Crippen LogP contribution in [-0.2, 0) is 0 Å². The minimum Gasteiger partial charge on any atom is -0.485 e. The minimum absolute atomic E-state index is 0.0120. The van der Waals surface area contributed by atoms with Gasteiger partial charge in [0, 0.05) is 15.1 Å². The van der Waals surface area contributed by atoms with Gasteiger partial charge in [0.15, 0.2) is 12.4 Å². The molecule has 2 nitrogen and oxygen atoms in total. The molecular formula is C14H10BrClO2. The average molecular weight is 326 g/mol. The molecule has 0 radical (unpaired) electrons. The summed E-state index contributed by atoms with van der Waals surface area (Å²) in [6, 6.07) is 14.1. The van der Waals surface area contributed by atoms with Crippen LogP contribution in [0.2, 0.25) is 5.02 Å². The van der Waals surface area contributed by atoms with Gasteiger partial charge in [0.2, 0.25) is 0 Å². The van der Waals surface area contributed by atoms with Gasteiger partial charge in [-0.25, -0.2) is 0 Å². The van der Waals surface area contributed by atoms with E-state index in [9.17, 15) is 4.79 Å². The number of carbonyl (C=O) groups is 1. The van der Waals surface area contributed by atoms with E-state index < -0.39 is 0 Å². The van der Waals surface area contributed by atoms with Crippen molar-refractivity contribution in [2.24, 2.45) is 0 Å². The highest BCUT2D eigenvalue weighted by atomic mass is 79.9. The van der Waals surface area contributed by atoms with Crippen molar-refractivity contribution < 1.29 is 9.53 Å². The van der Waals surface area contributed by atoms with Crippen molar-refractivity contribution in [2.45, 2.75) is 0 Å². The number of rotatable bonds is 4. The zero-order valence-electron chi connectivity index (χ0n) is 9.40. The van der Waals surface area contributed by atoms with Crippen molar-refractivity contribution in [2.75, 3.05) is 6.61 Å². The SMILES string of the molecule is O=C(COc1cccc(Br)c1)c1ccc(Cl)cc1. The first kappa shape index (κ1) is 13.1. The van der Waals surface area contributed by atoms with Gasteiger partial charge in [0.05, 0.1) is 0 Å². The summed E-state index contributed by atoms with van der Waals surface area (Å²) in [6.07, 6.45) is 0. The second-order valence-electron chi connectivity index (χ2n) is 3.68. The molecule has 4 heteroatoms. The predicted octanol–water partition coefficient (Wildman–Crippen LogP) is 4.36. The fourth-order valence-electron chi connectivity index (χ4n) is 1.42. The molecule has 92 valence electrons. The Bertz CT molecular complexity index is 552. The fraction of sp³-hybridized carbons (Fsp3) is 0.0714. The van der Waals surface area contributed by atoms with E-state index in [0.717, 1.165) is 4.47 Å². The largest absolute Gasteiger partial charge is 0.485 e. The Morgan fingerprint density at radius 1 is 1.17 bits per heavy atom. The van der Waals surface area contributed by atoms with E-state index in [0.29, 0.717) is 16.3 Å². The predicted molar refractivity (Wildman–Crippen MR) is 75.4 cm³/mol. The highest BCUT2D eigenvalue weighted by Gasteiger charge is 2.06. The topological polar surface area (TPSA) is 26.3 Å². The monoisotopic (exact) mass is 324 g/mol. The lowest BCUT2D eigenvalue weighted by Crippen LogP contribution is -2.11. The van der Waals surface area contributed by atoms with E-state index in [1.165, 1.54) is 0 Å². The summed E-state index contributed by atoms with van der Waals surface area (Å²) < 4.78 is 6.34. The van der Waals surface area contributed by atoms with Crippen molar-refractivity contribution in [3.8, 4) is 5.75 Å². The second-order valence-corrected chi connectivity index (χ2v) is 5.03. The van der Waals surface area contributed by atoms with Crippen molar-refractivity contribution >= 4 is 33.3 Å². The third-order valence-corrected chi connectivity index (χ3v) is 3.08. The van der Waals surface area contributed by atoms with Gasteiger partial charge in [0.1, 0.15) is 5.75 Å². The molecule has 0 aliphatic rings. The molecule has 2 rings (SSSR count). The van der Waals surface area contributed by atoms with E-state index in [1.807, 2.05) is 18.2 Å². The third-order valence-electron chi connectivity index (χ3n) is 2.33. The Balaban J connectivity index is 1.98. The lowest BCUT2D eigenvalue weighted by atomic mass is 10.1. The van der Waals surface area contributed by atoms with Crippen LogP contribution in [0.1, 0.15) is 10.4 Å². The molecule has 0 aliphatic carbocycles. The molecule has 0 saturated carbocycles. The lowest BCUT2D eigenvalue weighted by molar-refractivity contribution is 0.0921. The molecule has 18 heavy (non-hydrogen) atoms. The van der Waals surface area contributed by atoms with Crippen molar-refractivity contribution in [1.82, 2.24) is 0 Å². The molecule has 0 amide bonds. The number of ketones is 1. The molecule has 2 aromatic rings. The maximum Gasteiger partial charge on any atom is 0.200 e. The zero-order chi connectivity index (χ0) is 13.0. The van der Waals surface area contributed by atoms with Crippen LogP contribution >= 0.6 is 27.5 Å². The Morgan fingerprint density at radius 3 is 2.56 bits per heavy atom. The Kier molecular flexibility index (Phi) is 4.39. The Labute approximate surface area is 119 Å². The molecule has 0 atom stereocenters. The number of benzene rings is 2. The second kappa shape index (κ2) is 6.03. The lowest BCUT2D eigenvalue weighted by Gasteiger charge is -2.05. The minimum atomic E-state index is -0.0772. The molecule has 2 aromatic carbocycles. The van der Waals surface area contributed by atoms with Gasteiger partial charge < -0.3 is 4.74 Å². The van der Waals surface area contributed by atoms with Gasteiger partial charge in [-0.05, 0) is 42.5 Å². The quantitative estimate of drug-likeness (QED) is 0.781. The van der Waals surface area contributed by atoms with Gasteiger partial charge in [-0.2, -0.15) is 0 Å². The third kappa shape index (κ3) is 3.59. The molecular weight excluding hydrogens is 316 g/mol. The molecule has 0 bridgehead atoms. The number of ether oxygens (including phenoxy) is 1. The van der Waals surface area contributed by atoms with Crippen LogP contribution in [-0.4, -0.2) is 12.4 Å². The van der Waals surface area contributed by atoms with Crippen LogP contribution in [0, 0.1) is 0 Å². The normalized spacial score (nSPS) is 10.1. The number of carbonyl (C=O) groups excluding carboxylic acids is 1. The van der Waals surface area contributed by atoms with Gasteiger partial charge in [0.25, 0.3) is 0 Å². The van der Waals surface area contributed by atoms with Crippen molar-refractivity contribution in [3.63, 3.8) is 0 Å². The Hall–Kier alpha value is -1.32. The molecule has 0 N–H and O–H groups in total. The zero-order valence-corrected chi connectivity index (χ0v) is 11.7. The smallest absolute Gasteiger partial charge is 0.200 e. The number of hydrogen-bond donors (Lipinski definition) is 0. The Morgan fingerprint density at radius 2 is 1.89 bits per heavy atom. The molecule has 0 heterocycles. The number of Topliss-reactive ketones (excluding diaryl/α,β-unsaturated/α-hetero) is 1. The fourth-order valence-corrected chi connectivity index (χ4v) is 1.93. The highest BCUT2D eigenvalue weighted by molar-refractivity contribution is 9.10. The van der Waals surface area contributed by atoms with Gasteiger partial charge in [-0.15, -0.1) is 0 Å². The van der Waals surface area contributed by atoms with E-state index in [-0.39, 0.29) is 12.4 Å². The van der Waals surface area contributed by atoms with Crippen LogP contribution in [0.15, 0.2) is 53.0 Å². The van der Waals surface area contributed by atoms with Gasteiger partial charge in [-0.1, -0.05) is 33.6 Å². The van der Waals surface area contributed by atoms with Crippen LogP contribution in [0.4, 0.5) is 0 Å². The van der Waals surface area contributed by atoms with E-state index in [1.54, 1.807) is 30.3 Å². The molecule has 0 fully saturated rings. The maximum atomic E-state index is 11.8. The summed E-state index contributed by atoms with van der Waals surface area (Å²) >= 11 is 9.10. The maximum absolute atomic E-state index is 11.8. The first-order valence-corrected chi connectivity index (χ1v) is 6.49. The van der Waals surface area contributed by atoms with Crippen LogP contribution in [0.5, 0.6) is 5.75 Å². The molecule has 0 spiro atoms. The highest BCUT2D eigenvalue weighted by Crippen LogP contribution is 2.18. The van der Waals surface area contributed by atoms with Gasteiger partial charge >= 0.3 is 0 Å². The first-order valence-electron chi connectivity index (χ1n) is 5.32.